The lowest BCUT2D eigenvalue weighted by Gasteiger charge is -2.19. The lowest BCUT2D eigenvalue weighted by molar-refractivity contribution is -0.158. The first-order chi connectivity index (χ1) is 16.3. The van der Waals surface area contributed by atoms with Crippen molar-refractivity contribution in [3.8, 4) is 5.75 Å². The monoisotopic (exact) mass is 472 g/mol. The van der Waals surface area contributed by atoms with Crippen molar-refractivity contribution in [2.45, 2.75) is 6.29 Å². The summed E-state index contributed by atoms with van der Waals surface area (Å²) in [5.74, 6) is 0.0568. The standard InChI is InChI=1S/C23H36O10/c1-2-22(25)32-20-23(33-21-6-4-3-5-7-21)31-19-18-30-17-16-29-15-14-28-13-12-27-11-10-26-9-8-24/h2-7,23-24H,1,8-20H2. The number of para-hydroxylation sites is 1. The summed E-state index contributed by atoms with van der Waals surface area (Å²) in [6, 6.07) is 9.11. The van der Waals surface area contributed by atoms with Gasteiger partial charge in [0, 0.05) is 6.08 Å². The van der Waals surface area contributed by atoms with Gasteiger partial charge in [-0.1, -0.05) is 24.8 Å². The van der Waals surface area contributed by atoms with Crippen molar-refractivity contribution in [3.63, 3.8) is 0 Å². The second-order valence-corrected chi connectivity index (χ2v) is 6.35. The first kappa shape index (κ1) is 29.0. The van der Waals surface area contributed by atoms with Crippen molar-refractivity contribution in [3.05, 3.63) is 43.0 Å². The summed E-state index contributed by atoms with van der Waals surface area (Å²) in [4.78, 5) is 11.3. The fraction of sp³-hybridized carbons (Fsp3) is 0.609. The molecule has 0 heterocycles. The molecule has 0 radical (unpaired) electrons. The Bertz CT molecular complexity index is 584. The van der Waals surface area contributed by atoms with Crippen LogP contribution in [0.5, 0.6) is 5.75 Å². The molecule has 0 spiro atoms. The highest BCUT2D eigenvalue weighted by Gasteiger charge is 2.13. The molecule has 0 amide bonds. The number of hydrogen-bond donors (Lipinski definition) is 1. The minimum Gasteiger partial charge on any atom is -0.461 e. The molecule has 188 valence electrons. The highest BCUT2D eigenvalue weighted by Crippen LogP contribution is 2.12. The Labute approximate surface area is 195 Å². The van der Waals surface area contributed by atoms with Gasteiger partial charge in [0.2, 0.25) is 6.29 Å². The maximum absolute atomic E-state index is 11.3. The van der Waals surface area contributed by atoms with Crippen LogP contribution >= 0.6 is 0 Å². The molecular formula is C23H36O10. The van der Waals surface area contributed by atoms with Gasteiger partial charge in [-0.25, -0.2) is 4.79 Å². The summed E-state index contributed by atoms with van der Waals surface area (Å²) in [6.07, 6.45) is 0.324. The van der Waals surface area contributed by atoms with Crippen molar-refractivity contribution in [1.29, 1.82) is 0 Å². The second kappa shape index (κ2) is 21.8. The van der Waals surface area contributed by atoms with Gasteiger partial charge in [-0.3, -0.25) is 0 Å². The Morgan fingerprint density at radius 3 is 1.76 bits per heavy atom. The number of carbonyl (C=O) groups excluding carboxylic acids is 1. The zero-order valence-electron chi connectivity index (χ0n) is 19.1. The highest BCUT2D eigenvalue weighted by atomic mass is 16.7. The number of carbonyl (C=O) groups is 1. The van der Waals surface area contributed by atoms with E-state index in [-0.39, 0.29) is 19.8 Å². The van der Waals surface area contributed by atoms with Crippen LogP contribution in [0.1, 0.15) is 0 Å². The minimum atomic E-state index is -0.759. The van der Waals surface area contributed by atoms with Crippen LogP contribution in [0, 0.1) is 0 Å². The number of aliphatic hydroxyl groups excluding tert-OH is 1. The Morgan fingerprint density at radius 1 is 0.788 bits per heavy atom. The maximum atomic E-state index is 11.3. The average Bonchev–Trinajstić information content (AvgIpc) is 2.84. The molecular weight excluding hydrogens is 436 g/mol. The van der Waals surface area contributed by atoms with Crippen LogP contribution in [-0.2, 0) is 38.0 Å². The summed E-state index contributed by atoms with van der Waals surface area (Å²) in [7, 11) is 0. The van der Waals surface area contributed by atoms with Crippen LogP contribution in [0.25, 0.3) is 0 Å². The van der Waals surface area contributed by atoms with E-state index in [1.165, 1.54) is 0 Å². The molecule has 0 fully saturated rings. The zero-order chi connectivity index (χ0) is 23.8. The number of hydrogen-bond acceptors (Lipinski definition) is 10. The van der Waals surface area contributed by atoms with Gasteiger partial charge in [0.25, 0.3) is 0 Å². The Hall–Kier alpha value is -2.05. The van der Waals surface area contributed by atoms with Crippen LogP contribution in [0.2, 0.25) is 0 Å². The van der Waals surface area contributed by atoms with E-state index in [9.17, 15) is 4.79 Å². The first-order valence-corrected chi connectivity index (χ1v) is 10.9. The van der Waals surface area contributed by atoms with Gasteiger partial charge in [0.1, 0.15) is 5.75 Å². The Balaban J connectivity index is 1.97. The number of ether oxygens (including phenoxy) is 8. The SMILES string of the molecule is C=CC(=O)OCC(OCCOCCOCCOCCOCCOCCO)Oc1ccccc1. The molecule has 1 rings (SSSR count). The Kier molecular flexibility index (Phi) is 19.1. The molecule has 1 unspecified atom stereocenters. The maximum Gasteiger partial charge on any atom is 0.330 e. The molecule has 0 saturated carbocycles. The fourth-order valence-corrected chi connectivity index (χ4v) is 2.26. The van der Waals surface area contributed by atoms with Crippen LogP contribution in [-0.4, -0.2) is 103 Å². The summed E-state index contributed by atoms with van der Waals surface area (Å²) in [5.41, 5.74) is 0. The summed E-state index contributed by atoms with van der Waals surface area (Å²) in [6.45, 7) is 7.89. The third-order valence-corrected chi connectivity index (χ3v) is 3.79. The third-order valence-electron chi connectivity index (χ3n) is 3.79. The van der Waals surface area contributed by atoms with Crippen molar-refractivity contribution in [1.82, 2.24) is 0 Å². The van der Waals surface area contributed by atoms with E-state index in [1.807, 2.05) is 18.2 Å². The minimum absolute atomic E-state index is 0.0150. The predicted molar refractivity (Wildman–Crippen MR) is 119 cm³/mol. The van der Waals surface area contributed by atoms with Gasteiger partial charge >= 0.3 is 5.97 Å². The lowest BCUT2D eigenvalue weighted by Crippen LogP contribution is -2.29. The molecule has 0 aliphatic rings. The summed E-state index contributed by atoms with van der Waals surface area (Å²) < 4.78 is 42.9. The van der Waals surface area contributed by atoms with Crippen LogP contribution in [0.4, 0.5) is 0 Å². The number of esters is 1. The molecule has 0 saturated heterocycles. The largest absolute Gasteiger partial charge is 0.461 e. The van der Waals surface area contributed by atoms with E-state index in [1.54, 1.807) is 12.1 Å². The fourth-order valence-electron chi connectivity index (χ4n) is 2.26. The average molecular weight is 473 g/mol. The Morgan fingerprint density at radius 2 is 1.27 bits per heavy atom. The highest BCUT2D eigenvalue weighted by molar-refractivity contribution is 5.81. The lowest BCUT2D eigenvalue weighted by atomic mass is 10.3. The van der Waals surface area contributed by atoms with E-state index in [2.05, 4.69) is 6.58 Å². The molecule has 1 atom stereocenters. The van der Waals surface area contributed by atoms with E-state index in [0.29, 0.717) is 71.8 Å². The normalized spacial score (nSPS) is 11.8. The molecule has 1 aromatic carbocycles. The predicted octanol–water partition coefficient (Wildman–Crippen LogP) is 1.21. The van der Waals surface area contributed by atoms with Gasteiger partial charge in [-0.05, 0) is 12.1 Å². The smallest absolute Gasteiger partial charge is 0.330 e. The quantitative estimate of drug-likeness (QED) is 0.108. The van der Waals surface area contributed by atoms with Crippen molar-refractivity contribution in [2.75, 3.05) is 85.9 Å². The van der Waals surface area contributed by atoms with Crippen LogP contribution < -0.4 is 4.74 Å². The van der Waals surface area contributed by atoms with Crippen LogP contribution in [0.3, 0.4) is 0 Å². The molecule has 0 bridgehead atoms. The molecule has 10 nitrogen and oxygen atoms in total. The van der Waals surface area contributed by atoms with E-state index >= 15 is 0 Å². The summed E-state index contributed by atoms with van der Waals surface area (Å²) >= 11 is 0. The van der Waals surface area contributed by atoms with Gasteiger partial charge < -0.3 is 43.0 Å². The van der Waals surface area contributed by atoms with Crippen molar-refractivity contribution in [2.24, 2.45) is 0 Å². The van der Waals surface area contributed by atoms with E-state index in [4.69, 9.17) is 43.0 Å². The molecule has 1 aromatic rings. The van der Waals surface area contributed by atoms with Gasteiger partial charge in [0.05, 0.1) is 79.3 Å². The number of aliphatic hydroxyl groups is 1. The second-order valence-electron chi connectivity index (χ2n) is 6.35. The third kappa shape index (κ3) is 18.1. The van der Waals surface area contributed by atoms with E-state index < -0.39 is 12.3 Å². The molecule has 33 heavy (non-hydrogen) atoms. The van der Waals surface area contributed by atoms with Crippen LogP contribution in [0.15, 0.2) is 43.0 Å². The van der Waals surface area contributed by atoms with Crippen molar-refractivity contribution < 1.29 is 47.8 Å². The molecule has 1 N–H and O–H groups in total. The van der Waals surface area contributed by atoms with E-state index in [0.717, 1.165) is 6.08 Å². The van der Waals surface area contributed by atoms with Crippen molar-refractivity contribution >= 4 is 5.97 Å². The first-order valence-electron chi connectivity index (χ1n) is 10.9. The van der Waals surface area contributed by atoms with Gasteiger partial charge in [-0.15, -0.1) is 0 Å². The molecule has 10 heteroatoms. The van der Waals surface area contributed by atoms with Gasteiger partial charge in [0.15, 0.2) is 6.61 Å². The number of benzene rings is 1. The molecule has 0 aliphatic heterocycles. The zero-order valence-corrected chi connectivity index (χ0v) is 19.1. The molecule has 0 aliphatic carbocycles. The van der Waals surface area contributed by atoms with Gasteiger partial charge in [-0.2, -0.15) is 0 Å². The topological polar surface area (TPSA) is 111 Å². The molecule has 0 aromatic heterocycles. The number of rotatable bonds is 23. The summed E-state index contributed by atoms with van der Waals surface area (Å²) in [5, 5.41) is 8.56.